The van der Waals surface area contributed by atoms with Crippen molar-refractivity contribution in [3.63, 3.8) is 0 Å². The highest BCUT2D eigenvalue weighted by molar-refractivity contribution is 7.47. The molecule has 548 valence electrons. The molecule has 0 aliphatic heterocycles. The topological polar surface area (TPSA) is 237 Å². The van der Waals surface area contributed by atoms with E-state index in [1.807, 2.05) is 0 Å². The van der Waals surface area contributed by atoms with E-state index in [4.69, 9.17) is 37.0 Å². The van der Waals surface area contributed by atoms with Crippen LogP contribution in [0.2, 0.25) is 0 Å². The molecule has 0 radical (unpaired) electrons. The Labute approximate surface area is 580 Å². The predicted molar refractivity (Wildman–Crippen MR) is 390 cm³/mol. The molecule has 0 saturated carbocycles. The van der Waals surface area contributed by atoms with Crippen LogP contribution in [0.1, 0.15) is 272 Å². The van der Waals surface area contributed by atoms with Crippen molar-refractivity contribution in [3.8, 4) is 0 Å². The van der Waals surface area contributed by atoms with Gasteiger partial charge in [-0.15, -0.1) is 0 Å². The molecule has 19 heteroatoms. The van der Waals surface area contributed by atoms with E-state index in [1.54, 1.807) is 0 Å². The zero-order chi connectivity index (χ0) is 70.4. The number of phosphoric ester groups is 2. The standard InChI is InChI=1S/C77H128O17P2/c1-5-9-13-17-21-25-29-32-35-38-42-45-49-53-57-61-74(79)87-67-72(93-76(81)63-59-55-51-47-41-28-24-20-16-12-8-4)69-91-95(83,84)89-65-71(78)66-90-96(85,86)92-70-73(94-77(82)64-60-56-52-48-44-40-37-34-31-27-23-19-15-11-7-3)68-88-75(80)62-58-54-50-46-43-39-36-33-30-26-22-18-14-10-6-2/h9-11,13-15,20-27,32-37,42,45,71-73,78H,5-8,12,16-19,28-31,38-41,43-44,46-70H2,1-4H3,(H,83,84)(H,85,86)/b13-9-,14-10-,15-11-,24-20-,25-21-,26-22-,27-23-,35-32-,36-33-,37-34-,45-42-. The summed E-state index contributed by atoms with van der Waals surface area (Å²) in [5, 5.41) is 10.6. The smallest absolute Gasteiger partial charge is 0.462 e. The highest BCUT2D eigenvalue weighted by atomic mass is 31.2. The molecule has 0 aromatic heterocycles. The fourth-order valence-corrected chi connectivity index (χ4v) is 10.7. The molecule has 0 aromatic rings. The number of carbonyl (C=O) groups is 4. The van der Waals surface area contributed by atoms with Crippen molar-refractivity contribution < 1.29 is 80.2 Å². The largest absolute Gasteiger partial charge is 0.472 e. The quantitative estimate of drug-likeness (QED) is 0.0169. The molecule has 0 saturated heterocycles. The summed E-state index contributed by atoms with van der Waals surface area (Å²) in [5.74, 6) is -2.28. The molecule has 0 aliphatic carbocycles. The minimum absolute atomic E-state index is 0.0672. The van der Waals surface area contributed by atoms with Crippen molar-refractivity contribution in [3.05, 3.63) is 134 Å². The van der Waals surface area contributed by atoms with E-state index < -0.39 is 97.5 Å². The molecule has 0 rings (SSSR count). The Morgan fingerprint density at radius 3 is 0.865 bits per heavy atom. The Morgan fingerprint density at radius 2 is 0.542 bits per heavy atom. The van der Waals surface area contributed by atoms with Crippen LogP contribution in [0.4, 0.5) is 0 Å². The first-order valence-corrected chi connectivity index (χ1v) is 39.4. The van der Waals surface area contributed by atoms with Gasteiger partial charge in [0.15, 0.2) is 12.2 Å². The van der Waals surface area contributed by atoms with Gasteiger partial charge >= 0.3 is 39.5 Å². The lowest BCUT2D eigenvalue weighted by molar-refractivity contribution is -0.161. The van der Waals surface area contributed by atoms with Crippen molar-refractivity contribution in [1.82, 2.24) is 0 Å². The molecule has 0 amide bonds. The predicted octanol–water partition coefficient (Wildman–Crippen LogP) is 20.5. The zero-order valence-corrected chi connectivity index (χ0v) is 61.3. The van der Waals surface area contributed by atoms with Gasteiger partial charge in [-0.05, 0) is 148 Å². The van der Waals surface area contributed by atoms with Crippen molar-refractivity contribution >= 4 is 39.5 Å². The van der Waals surface area contributed by atoms with Crippen LogP contribution in [0.25, 0.3) is 0 Å². The SMILES string of the molecule is CC/C=C\C/C=C\C/C=C\C/C=C\CCCCC(=O)OCC(COP(=O)(O)OCC(O)COP(=O)(O)OCC(COC(=O)CCCCCCC/C=C\C/C=C\C/C=C\CC)OC(=O)CCCCCCC/C=C\C/C=C\C/C=C\CC)OC(=O)CCCCCCC/C=C\CCCC. The van der Waals surface area contributed by atoms with E-state index in [1.165, 1.54) is 12.8 Å². The summed E-state index contributed by atoms with van der Waals surface area (Å²) in [6.07, 6.45) is 74.6. The van der Waals surface area contributed by atoms with Crippen molar-refractivity contribution in [1.29, 1.82) is 0 Å². The number of hydrogen-bond donors (Lipinski definition) is 3. The van der Waals surface area contributed by atoms with Crippen LogP contribution < -0.4 is 0 Å². The van der Waals surface area contributed by atoms with Crippen LogP contribution in [-0.4, -0.2) is 96.7 Å². The van der Waals surface area contributed by atoms with E-state index in [9.17, 15) is 43.2 Å². The van der Waals surface area contributed by atoms with Crippen molar-refractivity contribution in [2.75, 3.05) is 39.6 Å². The van der Waals surface area contributed by atoms with E-state index in [2.05, 4.69) is 161 Å². The average molecular weight is 1390 g/mol. The van der Waals surface area contributed by atoms with Crippen LogP contribution in [-0.2, 0) is 65.4 Å². The minimum Gasteiger partial charge on any atom is -0.462 e. The van der Waals surface area contributed by atoms with Crippen molar-refractivity contribution in [2.24, 2.45) is 0 Å². The molecular formula is C77H128O17P2. The van der Waals surface area contributed by atoms with Gasteiger partial charge in [-0.25, -0.2) is 9.13 Å². The van der Waals surface area contributed by atoms with Gasteiger partial charge < -0.3 is 33.8 Å². The fraction of sp³-hybridized carbons (Fsp3) is 0.662. The Kier molecular flexibility index (Phi) is 65.3. The first-order valence-electron chi connectivity index (χ1n) is 36.4. The molecule has 0 bridgehead atoms. The van der Waals surface area contributed by atoms with Gasteiger partial charge in [-0.2, -0.15) is 0 Å². The number of rotatable bonds is 67. The monoisotopic (exact) mass is 1390 g/mol. The highest BCUT2D eigenvalue weighted by Crippen LogP contribution is 2.45. The van der Waals surface area contributed by atoms with Gasteiger partial charge in [-0.3, -0.25) is 37.3 Å². The van der Waals surface area contributed by atoms with Gasteiger partial charge in [0, 0.05) is 25.7 Å². The van der Waals surface area contributed by atoms with Crippen LogP contribution in [0.3, 0.4) is 0 Å². The molecule has 0 aliphatic rings. The molecule has 0 heterocycles. The Morgan fingerprint density at radius 1 is 0.302 bits per heavy atom. The maximum atomic E-state index is 13.1. The maximum Gasteiger partial charge on any atom is 0.472 e. The molecule has 17 nitrogen and oxygen atoms in total. The summed E-state index contributed by atoms with van der Waals surface area (Å²) in [7, 11) is -9.97. The second-order valence-corrected chi connectivity index (χ2v) is 26.6. The summed E-state index contributed by atoms with van der Waals surface area (Å²) >= 11 is 0. The molecule has 0 fully saturated rings. The summed E-state index contributed by atoms with van der Waals surface area (Å²) in [6.45, 7) is 4.37. The third kappa shape index (κ3) is 67.8. The number of carbonyl (C=O) groups excluding carboxylic acids is 4. The molecule has 5 atom stereocenters. The number of hydrogen-bond acceptors (Lipinski definition) is 15. The van der Waals surface area contributed by atoms with Gasteiger partial charge in [0.1, 0.15) is 19.3 Å². The number of allylic oxidation sites excluding steroid dienone is 22. The zero-order valence-electron chi connectivity index (χ0n) is 59.5. The summed E-state index contributed by atoms with van der Waals surface area (Å²) in [4.78, 5) is 72.7. The Bertz CT molecular complexity index is 2350. The van der Waals surface area contributed by atoms with E-state index in [0.717, 1.165) is 180 Å². The second kappa shape index (κ2) is 68.7. The lowest BCUT2D eigenvalue weighted by atomic mass is 10.1. The first-order chi connectivity index (χ1) is 46.7. The van der Waals surface area contributed by atoms with Gasteiger partial charge in [0.25, 0.3) is 0 Å². The molecular weight excluding hydrogens is 1260 g/mol. The second-order valence-electron chi connectivity index (χ2n) is 23.7. The van der Waals surface area contributed by atoms with Crippen LogP contribution in [0.15, 0.2) is 134 Å². The molecule has 96 heavy (non-hydrogen) atoms. The molecule has 0 spiro atoms. The first kappa shape index (κ1) is 91.2. The molecule has 0 aromatic carbocycles. The maximum absolute atomic E-state index is 13.1. The highest BCUT2D eigenvalue weighted by Gasteiger charge is 2.30. The van der Waals surface area contributed by atoms with E-state index >= 15 is 0 Å². The van der Waals surface area contributed by atoms with Gasteiger partial charge in [0.05, 0.1) is 26.4 Å². The normalized spacial score (nSPS) is 14.8. The number of unbranched alkanes of at least 4 members (excludes halogenated alkanes) is 19. The van der Waals surface area contributed by atoms with Gasteiger partial charge in [0.2, 0.25) is 0 Å². The number of phosphoric acid groups is 2. The Balaban J connectivity index is 5.40. The van der Waals surface area contributed by atoms with Crippen LogP contribution in [0, 0.1) is 0 Å². The average Bonchev–Trinajstić information content (AvgIpc) is 1.11. The summed E-state index contributed by atoms with van der Waals surface area (Å²) < 4.78 is 68.3. The Hall–Kier alpha value is -4.80. The molecule has 3 N–H and O–H groups in total. The summed E-state index contributed by atoms with van der Waals surface area (Å²) in [6, 6.07) is 0. The van der Waals surface area contributed by atoms with E-state index in [-0.39, 0.29) is 25.7 Å². The lowest BCUT2D eigenvalue weighted by Gasteiger charge is -2.21. The molecule has 5 unspecified atom stereocenters. The minimum atomic E-state index is -4.99. The van der Waals surface area contributed by atoms with Crippen LogP contribution >= 0.6 is 15.6 Å². The number of esters is 4. The fourth-order valence-electron chi connectivity index (χ4n) is 9.10. The number of aliphatic hydroxyl groups excluding tert-OH is 1. The third-order valence-electron chi connectivity index (χ3n) is 14.6. The van der Waals surface area contributed by atoms with Crippen molar-refractivity contribution in [2.45, 2.75) is 290 Å². The lowest BCUT2D eigenvalue weighted by Crippen LogP contribution is -2.30. The summed E-state index contributed by atoms with van der Waals surface area (Å²) in [5.41, 5.74) is 0. The van der Waals surface area contributed by atoms with Crippen LogP contribution in [0.5, 0.6) is 0 Å². The number of aliphatic hydroxyl groups is 1. The third-order valence-corrected chi connectivity index (χ3v) is 16.5. The van der Waals surface area contributed by atoms with E-state index in [0.29, 0.717) is 25.7 Å². The number of ether oxygens (including phenoxy) is 4. The van der Waals surface area contributed by atoms with Gasteiger partial charge in [-0.1, -0.05) is 232 Å².